The zero-order valence-electron chi connectivity index (χ0n) is 9.97. The third-order valence-electron chi connectivity index (χ3n) is 3.18. The van der Waals surface area contributed by atoms with Crippen molar-refractivity contribution < 1.29 is 4.74 Å². The van der Waals surface area contributed by atoms with Crippen LogP contribution in [0.4, 0.5) is 0 Å². The molecule has 0 heterocycles. The topological polar surface area (TPSA) is 47.3 Å². The Kier molecular flexibility index (Phi) is 4.21. The first-order valence-electron chi connectivity index (χ1n) is 5.52. The second-order valence-corrected chi connectivity index (χ2v) is 4.32. The summed E-state index contributed by atoms with van der Waals surface area (Å²) in [4.78, 5) is 0. The quantitative estimate of drug-likeness (QED) is 0.680. The van der Waals surface area contributed by atoms with Crippen molar-refractivity contribution in [3.63, 3.8) is 0 Å². The van der Waals surface area contributed by atoms with Crippen molar-refractivity contribution in [3.8, 4) is 0 Å². The maximum atomic E-state index is 6.00. The summed E-state index contributed by atoms with van der Waals surface area (Å²) >= 11 is 0. The lowest BCUT2D eigenvalue weighted by molar-refractivity contribution is 0.200. The van der Waals surface area contributed by atoms with E-state index in [0.29, 0.717) is 0 Å². The summed E-state index contributed by atoms with van der Waals surface area (Å²) in [6.45, 7) is 5.98. The molecule has 0 saturated heterocycles. The monoisotopic (exact) mass is 210 g/mol. The Labute approximate surface area is 92.4 Å². The molecule has 0 bridgehead atoms. The molecule has 1 rings (SSSR count). The third-order valence-corrected chi connectivity index (χ3v) is 3.18. The minimum absolute atomic E-state index is 0.115. The van der Waals surface area contributed by atoms with Crippen LogP contribution in [0, 0.1) is 5.41 Å². The molecular formula is C12H22N2O. The molecule has 1 unspecified atom stereocenters. The smallest absolute Gasteiger partial charge is 0.0635 e. The van der Waals surface area contributed by atoms with Crippen LogP contribution >= 0.6 is 0 Å². The van der Waals surface area contributed by atoms with Crippen LogP contribution in [-0.2, 0) is 4.74 Å². The molecule has 0 spiro atoms. The van der Waals surface area contributed by atoms with Crippen LogP contribution in [0.15, 0.2) is 23.5 Å². The lowest BCUT2D eigenvalue weighted by Gasteiger charge is -2.33. The SMILES string of the molecule is CCC1(C)CC(NCCOC)=CC=C1N. The van der Waals surface area contributed by atoms with E-state index in [2.05, 4.69) is 25.2 Å². The highest BCUT2D eigenvalue weighted by Gasteiger charge is 2.28. The van der Waals surface area contributed by atoms with Gasteiger partial charge in [-0.1, -0.05) is 13.8 Å². The number of nitrogens with one attached hydrogen (secondary N) is 1. The molecule has 0 aromatic heterocycles. The molecule has 0 aromatic rings. The van der Waals surface area contributed by atoms with Crippen molar-refractivity contribution in [3.05, 3.63) is 23.5 Å². The number of ether oxygens (including phenoxy) is 1. The van der Waals surface area contributed by atoms with Crippen molar-refractivity contribution in [2.24, 2.45) is 11.1 Å². The zero-order chi connectivity index (χ0) is 11.3. The summed E-state index contributed by atoms with van der Waals surface area (Å²) in [5, 5.41) is 3.37. The molecule has 0 aliphatic heterocycles. The predicted molar refractivity (Wildman–Crippen MR) is 63.2 cm³/mol. The normalized spacial score (nSPS) is 25.8. The van der Waals surface area contributed by atoms with Crippen LogP contribution in [0.1, 0.15) is 26.7 Å². The number of hydrogen-bond donors (Lipinski definition) is 2. The minimum Gasteiger partial charge on any atom is -0.402 e. The first-order valence-corrected chi connectivity index (χ1v) is 5.52. The average molecular weight is 210 g/mol. The van der Waals surface area contributed by atoms with Crippen LogP contribution in [0.2, 0.25) is 0 Å². The van der Waals surface area contributed by atoms with E-state index < -0.39 is 0 Å². The Hall–Kier alpha value is -0.960. The van der Waals surface area contributed by atoms with Gasteiger partial charge in [-0.2, -0.15) is 0 Å². The number of nitrogens with two attached hydrogens (primary N) is 1. The van der Waals surface area contributed by atoms with E-state index in [9.17, 15) is 0 Å². The number of allylic oxidation sites excluding steroid dienone is 4. The summed E-state index contributed by atoms with van der Waals surface area (Å²) in [7, 11) is 1.71. The number of methoxy groups -OCH3 is 1. The fourth-order valence-electron chi connectivity index (χ4n) is 1.74. The Morgan fingerprint density at radius 3 is 2.87 bits per heavy atom. The van der Waals surface area contributed by atoms with Gasteiger partial charge in [0.05, 0.1) is 6.61 Å². The van der Waals surface area contributed by atoms with Gasteiger partial charge in [0.2, 0.25) is 0 Å². The van der Waals surface area contributed by atoms with Gasteiger partial charge in [-0.25, -0.2) is 0 Å². The molecule has 1 aliphatic rings. The van der Waals surface area contributed by atoms with Crippen molar-refractivity contribution >= 4 is 0 Å². The summed E-state index contributed by atoms with van der Waals surface area (Å²) in [5.74, 6) is 0. The molecule has 15 heavy (non-hydrogen) atoms. The molecule has 0 amide bonds. The fourth-order valence-corrected chi connectivity index (χ4v) is 1.74. The lowest BCUT2D eigenvalue weighted by Crippen LogP contribution is -2.31. The number of hydrogen-bond acceptors (Lipinski definition) is 3. The molecule has 3 heteroatoms. The molecule has 3 N–H and O–H groups in total. The van der Waals surface area contributed by atoms with Gasteiger partial charge in [0.1, 0.15) is 0 Å². The highest BCUT2D eigenvalue weighted by atomic mass is 16.5. The molecule has 0 aromatic carbocycles. The lowest BCUT2D eigenvalue weighted by atomic mass is 9.77. The molecule has 86 valence electrons. The second-order valence-electron chi connectivity index (χ2n) is 4.32. The first kappa shape index (κ1) is 12.1. The standard InChI is InChI=1S/C12H22N2O/c1-4-12(2)9-10(5-6-11(12)13)14-7-8-15-3/h5-6,14H,4,7-9,13H2,1-3H3. The Morgan fingerprint density at radius 1 is 1.53 bits per heavy atom. The van der Waals surface area contributed by atoms with Crippen LogP contribution in [0.25, 0.3) is 0 Å². The zero-order valence-corrected chi connectivity index (χ0v) is 9.97. The van der Waals surface area contributed by atoms with Gasteiger partial charge in [0.25, 0.3) is 0 Å². The largest absolute Gasteiger partial charge is 0.402 e. The summed E-state index contributed by atoms with van der Waals surface area (Å²) < 4.78 is 5.00. The van der Waals surface area contributed by atoms with E-state index in [4.69, 9.17) is 10.5 Å². The van der Waals surface area contributed by atoms with Crippen molar-refractivity contribution in [2.75, 3.05) is 20.3 Å². The minimum atomic E-state index is 0.115. The van der Waals surface area contributed by atoms with E-state index in [1.165, 1.54) is 5.70 Å². The Morgan fingerprint density at radius 2 is 2.27 bits per heavy atom. The number of rotatable bonds is 5. The van der Waals surface area contributed by atoms with Gasteiger partial charge < -0.3 is 15.8 Å². The van der Waals surface area contributed by atoms with Crippen LogP contribution in [0.3, 0.4) is 0 Å². The van der Waals surface area contributed by atoms with Gasteiger partial charge in [-0.15, -0.1) is 0 Å². The van der Waals surface area contributed by atoms with Crippen molar-refractivity contribution in [1.29, 1.82) is 0 Å². The summed E-state index contributed by atoms with van der Waals surface area (Å²) in [6, 6.07) is 0. The van der Waals surface area contributed by atoms with E-state index >= 15 is 0 Å². The molecular weight excluding hydrogens is 188 g/mol. The maximum Gasteiger partial charge on any atom is 0.0635 e. The fraction of sp³-hybridized carbons (Fsp3) is 0.667. The highest BCUT2D eigenvalue weighted by Crippen LogP contribution is 2.36. The molecule has 0 fully saturated rings. The molecule has 0 radical (unpaired) electrons. The molecule has 1 atom stereocenters. The second kappa shape index (κ2) is 5.21. The molecule has 0 saturated carbocycles. The summed E-state index contributed by atoms with van der Waals surface area (Å²) in [5.41, 5.74) is 8.36. The Bertz CT molecular complexity index is 271. The van der Waals surface area contributed by atoms with Gasteiger partial charge in [0, 0.05) is 30.5 Å². The van der Waals surface area contributed by atoms with E-state index in [0.717, 1.165) is 31.7 Å². The third kappa shape index (κ3) is 2.99. The summed E-state index contributed by atoms with van der Waals surface area (Å²) in [6.07, 6.45) is 6.15. The highest BCUT2D eigenvalue weighted by molar-refractivity contribution is 5.27. The van der Waals surface area contributed by atoms with Crippen LogP contribution in [0.5, 0.6) is 0 Å². The van der Waals surface area contributed by atoms with Crippen LogP contribution < -0.4 is 11.1 Å². The first-order chi connectivity index (χ1) is 7.12. The maximum absolute atomic E-state index is 6.00. The molecule has 1 aliphatic carbocycles. The van der Waals surface area contributed by atoms with Crippen molar-refractivity contribution in [1.82, 2.24) is 5.32 Å². The molecule has 3 nitrogen and oxygen atoms in total. The van der Waals surface area contributed by atoms with Gasteiger partial charge in [0.15, 0.2) is 0 Å². The van der Waals surface area contributed by atoms with Gasteiger partial charge >= 0.3 is 0 Å². The van der Waals surface area contributed by atoms with Crippen LogP contribution in [-0.4, -0.2) is 20.3 Å². The average Bonchev–Trinajstić information content (AvgIpc) is 2.24. The van der Waals surface area contributed by atoms with Crippen molar-refractivity contribution in [2.45, 2.75) is 26.7 Å². The van der Waals surface area contributed by atoms with Gasteiger partial charge in [-0.05, 0) is 25.0 Å². The van der Waals surface area contributed by atoms with E-state index in [1.807, 2.05) is 6.08 Å². The predicted octanol–water partition coefficient (Wildman–Crippen LogP) is 1.77. The van der Waals surface area contributed by atoms with Gasteiger partial charge in [-0.3, -0.25) is 0 Å². The van der Waals surface area contributed by atoms with E-state index in [1.54, 1.807) is 7.11 Å². The van der Waals surface area contributed by atoms with E-state index in [-0.39, 0.29) is 5.41 Å². The Balaban J connectivity index is 2.55.